The first-order valence-electron chi connectivity index (χ1n) is 8.10. The molecule has 1 aliphatic heterocycles. The summed E-state index contributed by atoms with van der Waals surface area (Å²) in [5, 5.41) is 12.6. The van der Waals surface area contributed by atoms with Crippen molar-refractivity contribution in [2.24, 2.45) is 5.92 Å². The Bertz CT molecular complexity index is 513. The largest absolute Gasteiger partial charge is 0.393 e. The average molecular weight is 340 g/mol. The van der Waals surface area contributed by atoms with Crippen LogP contribution in [-0.2, 0) is 5.75 Å². The number of aliphatic hydroxyl groups is 1. The van der Waals surface area contributed by atoms with E-state index in [2.05, 4.69) is 5.32 Å². The van der Waals surface area contributed by atoms with Crippen molar-refractivity contribution in [3.63, 3.8) is 0 Å². The van der Waals surface area contributed by atoms with Gasteiger partial charge in [0.1, 0.15) is 5.82 Å². The van der Waals surface area contributed by atoms with Crippen LogP contribution >= 0.6 is 11.8 Å². The van der Waals surface area contributed by atoms with Gasteiger partial charge in [-0.05, 0) is 31.4 Å². The molecular formula is C17H25FN2O2S. The maximum Gasteiger partial charge on any atom is 0.317 e. The van der Waals surface area contributed by atoms with Gasteiger partial charge < -0.3 is 15.3 Å². The van der Waals surface area contributed by atoms with Crippen molar-refractivity contribution in [2.45, 2.75) is 31.6 Å². The van der Waals surface area contributed by atoms with Crippen molar-refractivity contribution < 1.29 is 14.3 Å². The Balaban J connectivity index is 1.64. The fourth-order valence-electron chi connectivity index (χ4n) is 2.73. The number of aliphatic hydroxyl groups excluding tert-OH is 1. The van der Waals surface area contributed by atoms with Gasteiger partial charge in [0.2, 0.25) is 0 Å². The molecule has 1 heterocycles. The third-order valence-electron chi connectivity index (χ3n) is 4.17. The molecule has 0 aromatic heterocycles. The number of hydrogen-bond donors (Lipinski definition) is 2. The lowest BCUT2D eigenvalue weighted by atomic mass is 9.94. The summed E-state index contributed by atoms with van der Waals surface area (Å²) in [7, 11) is 0. The van der Waals surface area contributed by atoms with Gasteiger partial charge in [0, 0.05) is 37.1 Å². The van der Waals surface area contributed by atoms with Crippen molar-refractivity contribution in [3.8, 4) is 0 Å². The second-order valence-corrected chi connectivity index (χ2v) is 7.07. The van der Waals surface area contributed by atoms with Gasteiger partial charge in [0.15, 0.2) is 0 Å². The molecule has 23 heavy (non-hydrogen) atoms. The van der Waals surface area contributed by atoms with Crippen molar-refractivity contribution in [2.75, 3.05) is 25.4 Å². The number of urea groups is 1. The highest BCUT2D eigenvalue weighted by atomic mass is 32.2. The monoisotopic (exact) mass is 340 g/mol. The topological polar surface area (TPSA) is 52.6 Å². The molecule has 1 aromatic carbocycles. The molecule has 0 aliphatic carbocycles. The number of rotatable bonds is 6. The zero-order valence-electron chi connectivity index (χ0n) is 13.5. The Morgan fingerprint density at radius 1 is 1.52 bits per heavy atom. The Labute approximate surface area is 141 Å². The van der Waals surface area contributed by atoms with Crippen LogP contribution in [-0.4, -0.2) is 47.5 Å². The molecule has 0 bridgehead atoms. The van der Waals surface area contributed by atoms with Crippen molar-refractivity contribution in [1.82, 2.24) is 10.2 Å². The van der Waals surface area contributed by atoms with E-state index in [4.69, 9.17) is 0 Å². The highest BCUT2D eigenvalue weighted by Crippen LogP contribution is 2.19. The third-order valence-corrected chi connectivity index (χ3v) is 5.17. The van der Waals surface area contributed by atoms with Crippen LogP contribution in [0.1, 0.15) is 25.3 Å². The zero-order chi connectivity index (χ0) is 16.7. The van der Waals surface area contributed by atoms with E-state index in [1.165, 1.54) is 6.07 Å². The highest BCUT2D eigenvalue weighted by Gasteiger charge is 2.26. The molecule has 6 heteroatoms. The van der Waals surface area contributed by atoms with E-state index in [1.54, 1.807) is 35.7 Å². The van der Waals surface area contributed by atoms with Crippen molar-refractivity contribution in [3.05, 3.63) is 35.6 Å². The van der Waals surface area contributed by atoms with Gasteiger partial charge in [0.25, 0.3) is 0 Å². The van der Waals surface area contributed by atoms with Gasteiger partial charge in [-0.15, -0.1) is 0 Å². The predicted octanol–water partition coefficient (Wildman–Crippen LogP) is 2.86. The van der Waals surface area contributed by atoms with Crippen LogP contribution < -0.4 is 5.32 Å². The van der Waals surface area contributed by atoms with E-state index in [9.17, 15) is 14.3 Å². The lowest BCUT2D eigenvalue weighted by Gasteiger charge is -2.34. The summed E-state index contributed by atoms with van der Waals surface area (Å²) in [6.07, 6.45) is 1.53. The summed E-state index contributed by atoms with van der Waals surface area (Å²) in [5.41, 5.74) is 0.694. The Hall–Kier alpha value is -1.27. The van der Waals surface area contributed by atoms with E-state index in [-0.39, 0.29) is 23.9 Å². The molecule has 2 amide bonds. The van der Waals surface area contributed by atoms with Gasteiger partial charge in [-0.3, -0.25) is 0 Å². The fraction of sp³-hybridized carbons (Fsp3) is 0.588. The lowest BCUT2D eigenvalue weighted by Crippen LogP contribution is -2.47. The third kappa shape index (κ3) is 5.70. The molecule has 1 fully saturated rings. The van der Waals surface area contributed by atoms with Gasteiger partial charge in [0.05, 0.1) is 6.10 Å². The normalized spacial score (nSPS) is 19.4. The molecule has 2 atom stereocenters. The van der Waals surface area contributed by atoms with Crippen LogP contribution in [0.2, 0.25) is 0 Å². The molecule has 1 aliphatic rings. The van der Waals surface area contributed by atoms with E-state index < -0.39 is 0 Å². The zero-order valence-corrected chi connectivity index (χ0v) is 14.3. The van der Waals surface area contributed by atoms with Crippen LogP contribution in [0.15, 0.2) is 24.3 Å². The molecule has 0 saturated carbocycles. The quantitative estimate of drug-likeness (QED) is 0.783. The van der Waals surface area contributed by atoms with E-state index in [0.717, 1.165) is 25.1 Å². The summed E-state index contributed by atoms with van der Waals surface area (Å²) in [6.45, 7) is 3.71. The van der Waals surface area contributed by atoms with Gasteiger partial charge >= 0.3 is 6.03 Å². The van der Waals surface area contributed by atoms with E-state index >= 15 is 0 Å². The maximum absolute atomic E-state index is 13.5. The molecule has 2 unspecified atom stereocenters. The number of halogens is 1. The number of likely N-dealkylation sites (tertiary alicyclic amines) is 1. The van der Waals surface area contributed by atoms with Crippen LogP contribution in [0.3, 0.4) is 0 Å². The minimum Gasteiger partial charge on any atom is -0.393 e. The minimum absolute atomic E-state index is 0.0677. The summed E-state index contributed by atoms with van der Waals surface area (Å²) >= 11 is 1.60. The van der Waals surface area contributed by atoms with Crippen LogP contribution in [0, 0.1) is 11.7 Å². The molecular weight excluding hydrogens is 315 g/mol. The Morgan fingerprint density at radius 2 is 2.30 bits per heavy atom. The van der Waals surface area contributed by atoms with Gasteiger partial charge in [-0.1, -0.05) is 18.2 Å². The first kappa shape index (κ1) is 18.1. The van der Waals surface area contributed by atoms with E-state index in [0.29, 0.717) is 24.4 Å². The first-order chi connectivity index (χ1) is 11.1. The van der Waals surface area contributed by atoms with Crippen LogP contribution in [0.5, 0.6) is 0 Å². The molecule has 0 spiro atoms. The van der Waals surface area contributed by atoms with Gasteiger partial charge in [-0.25, -0.2) is 9.18 Å². The second kappa shape index (κ2) is 9.13. The molecule has 1 aromatic rings. The molecule has 4 nitrogen and oxygen atoms in total. The number of benzene rings is 1. The fourth-order valence-corrected chi connectivity index (χ4v) is 3.57. The number of carbonyl (C=O) groups is 1. The van der Waals surface area contributed by atoms with Crippen molar-refractivity contribution >= 4 is 17.8 Å². The molecule has 2 N–H and O–H groups in total. The smallest absolute Gasteiger partial charge is 0.317 e. The molecule has 0 radical (unpaired) electrons. The Morgan fingerprint density at radius 3 is 3.04 bits per heavy atom. The van der Waals surface area contributed by atoms with Gasteiger partial charge in [-0.2, -0.15) is 11.8 Å². The highest BCUT2D eigenvalue weighted by molar-refractivity contribution is 7.98. The lowest BCUT2D eigenvalue weighted by molar-refractivity contribution is 0.0740. The number of nitrogens with zero attached hydrogens (tertiary/aromatic N) is 1. The summed E-state index contributed by atoms with van der Waals surface area (Å²) in [6, 6.07) is 6.69. The van der Waals surface area contributed by atoms with Crippen LogP contribution in [0.4, 0.5) is 9.18 Å². The first-order valence-corrected chi connectivity index (χ1v) is 9.25. The number of thioether (sulfide) groups is 1. The molecule has 128 valence electrons. The van der Waals surface area contributed by atoms with E-state index in [1.807, 2.05) is 6.07 Å². The Kier molecular flexibility index (Phi) is 7.17. The number of hydrogen-bond acceptors (Lipinski definition) is 3. The number of piperidine rings is 1. The maximum atomic E-state index is 13.5. The summed E-state index contributed by atoms with van der Waals surface area (Å²) in [5.74, 6) is 1.34. The number of carbonyl (C=O) groups excluding carboxylic acids is 1. The van der Waals surface area contributed by atoms with Crippen LogP contribution in [0.25, 0.3) is 0 Å². The van der Waals surface area contributed by atoms with Crippen molar-refractivity contribution in [1.29, 1.82) is 0 Å². The predicted molar refractivity (Wildman–Crippen MR) is 91.9 cm³/mol. The average Bonchev–Trinajstić information content (AvgIpc) is 2.56. The standard InChI is InChI=1S/C17H25FN2O2S/c1-13(21)14-6-4-9-20(11-14)17(22)19-8-10-23-12-15-5-2-3-7-16(15)18/h2-3,5,7,13-14,21H,4,6,8-12H2,1H3,(H,19,22). The number of nitrogens with one attached hydrogen (secondary N) is 1. The number of amides is 2. The molecule has 1 saturated heterocycles. The SMILES string of the molecule is CC(O)C1CCCN(C(=O)NCCSCc2ccccc2F)C1. The second-order valence-electron chi connectivity index (χ2n) is 5.96. The summed E-state index contributed by atoms with van der Waals surface area (Å²) in [4.78, 5) is 13.9. The minimum atomic E-state index is -0.373. The summed E-state index contributed by atoms with van der Waals surface area (Å²) < 4.78 is 13.5. The molecule has 2 rings (SSSR count).